The van der Waals surface area contributed by atoms with Crippen molar-refractivity contribution in [1.82, 2.24) is 9.88 Å². The van der Waals surface area contributed by atoms with Crippen molar-refractivity contribution in [3.8, 4) is 5.75 Å². The highest BCUT2D eigenvalue weighted by Gasteiger charge is 2.32. The zero-order valence-electron chi connectivity index (χ0n) is 22.8. The highest BCUT2D eigenvalue weighted by molar-refractivity contribution is 6.13. The number of hydrogen-bond acceptors (Lipinski definition) is 6. The van der Waals surface area contributed by atoms with Gasteiger partial charge in [0.05, 0.1) is 41.1 Å². The van der Waals surface area contributed by atoms with Gasteiger partial charge in [0.15, 0.2) is 0 Å². The van der Waals surface area contributed by atoms with Crippen molar-refractivity contribution in [3.05, 3.63) is 65.9 Å². The summed E-state index contributed by atoms with van der Waals surface area (Å²) < 4.78 is 5.95. The molecule has 1 aromatic heterocycles. The van der Waals surface area contributed by atoms with Gasteiger partial charge in [-0.3, -0.25) is 9.59 Å². The molecule has 2 amide bonds. The average Bonchev–Trinajstić information content (AvgIpc) is 3.66. The topological polar surface area (TPSA) is 78.0 Å². The van der Waals surface area contributed by atoms with Crippen molar-refractivity contribution in [2.75, 3.05) is 48.9 Å². The van der Waals surface area contributed by atoms with E-state index in [4.69, 9.17) is 4.74 Å². The van der Waals surface area contributed by atoms with Crippen LogP contribution in [-0.2, 0) is 0 Å². The minimum absolute atomic E-state index is 0.0666. The normalized spacial score (nSPS) is 18.5. The lowest BCUT2D eigenvalue weighted by Crippen LogP contribution is -2.28. The second kappa shape index (κ2) is 10.2. The van der Waals surface area contributed by atoms with Gasteiger partial charge in [-0.25, -0.2) is 4.98 Å². The quantitative estimate of drug-likeness (QED) is 0.417. The zero-order valence-corrected chi connectivity index (χ0v) is 22.8. The third-order valence-electron chi connectivity index (χ3n) is 8.11. The van der Waals surface area contributed by atoms with Gasteiger partial charge in [0.1, 0.15) is 11.6 Å². The van der Waals surface area contributed by atoms with Crippen molar-refractivity contribution < 1.29 is 14.3 Å². The number of carbonyl (C=O) groups is 2. The number of para-hydroxylation sites is 1. The van der Waals surface area contributed by atoms with Crippen LogP contribution in [0.25, 0.3) is 0 Å². The number of amides is 2. The molecule has 3 heterocycles. The molecule has 202 valence electrons. The van der Waals surface area contributed by atoms with Crippen LogP contribution >= 0.6 is 0 Å². The number of likely N-dealkylation sites (tertiary alicyclic amines) is 1. The Labute approximate surface area is 229 Å². The standard InChI is InChI=1S/C31H35N5O3/c1-4-39-28-16-22(30(37)36-14-13-21(19-36)15-20-9-10-20)11-12-24(28)33-29-17-26-27(18-32-29)35(3)31(38)23-7-5-6-8-25(23)34(26)2/h5-8,11-12,16-18,20-21H,4,9-10,13-15,19H2,1-3H3,(H,32,33). The van der Waals surface area contributed by atoms with Crippen molar-refractivity contribution in [2.24, 2.45) is 11.8 Å². The van der Waals surface area contributed by atoms with Gasteiger partial charge in [-0.15, -0.1) is 0 Å². The maximum absolute atomic E-state index is 13.3. The third-order valence-corrected chi connectivity index (χ3v) is 8.11. The van der Waals surface area contributed by atoms with Crippen molar-refractivity contribution >= 4 is 40.4 Å². The van der Waals surface area contributed by atoms with E-state index in [-0.39, 0.29) is 11.8 Å². The summed E-state index contributed by atoms with van der Waals surface area (Å²) in [7, 11) is 3.72. The Hall–Kier alpha value is -4.07. The van der Waals surface area contributed by atoms with Crippen LogP contribution in [-0.4, -0.2) is 55.5 Å². The fourth-order valence-corrected chi connectivity index (χ4v) is 5.79. The van der Waals surface area contributed by atoms with E-state index in [1.807, 2.05) is 72.3 Å². The van der Waals surface area contributed by atoms with E-state index in [1.165, 1.54) is 19.3 Å². The predicted octanol–water partition coefficient (Wildman–Crippen LogP) is 5.84. The molecule has 1 saturated heterocycles. The van der Waals surface area contributed by atoms with Gasteiger partial charge < -0.3 is 24.8 Å². The van der Waals surface area contributed by atoms with E-state index in [2.05, 4.69) is 10.3 Å². The molecule has 1 unspecified atom stereocenters. The monoisotopic (exact) mass is 525 g/mol. The summed E-state index contributed by atoms with van der Waals surface area (Å²) in [5.74, 6) is 2.74. The molecule has 39 heavy (non-hydrogen) atoms. The van der Waals surface area contributed by atoms with E-state index in [0.29, 0.717) is 35.2 Å². The Morgan fingerprint density at radius 2 is 1.82 bits per heavy atom. The van der Waals surface area contributed by atoms with Crippen LogP contribution in [0.4, 0.5) is 28.6 Å². The predicted molar refractivity (Wildman–Crippen MR) is 154 cm³/mol. The number of hydrogen-bond donors (Lipinski definition) is 1. The summed E-state index contributed by atoms with van der Waals surface area (Å²) in [6, 6.07) is 15.1. The molecular formula is C31H35N5O3. The Kier molecular flexibility index (Phi) is 6.62. The van der Waals surface area contributed by atoms with Crippen LogP contribution in [0, 0.1) is 11.8 Å². The summed E-state index contributed by atoms with van der Waals surface area (Å²) in [4.78, 5) is 36.6. The van der Waals surface area contributed by atoms with Gasteiger partial charge in [0, 0.05) is 38.8 Å². The highest BCUT2D eigenvalue weighted by atomic mass is 16.5. The van der Waals surface area contributed by atoms with Crippen molar-refractivity contribution in [3.63, 3.8) is 0 Å². The SMILES string of the molecule is CCOc1cc(C(=O)N2CCC(CC3CC3)C2)ccc1Nc1cc2c(cn1)N(C)C(=O)c1ccccc1N2C. The minimum atomic E-state index is -0.0746. The van der Waals surface area contributed by atoms with E-state index >= 15 is 0 Å². The number of rotatable bonds is 7. The Morgan fingerprint density at radius 1 is 1.00 bits per heavy atom. The molecule has 2 aliphatic heterocycles. The average molecular weight is 526 g/mol. The lowest BCUT2D eigenvalue weighted by Gasteiger charge is -2.23. The number of ether oxygens (including phenoxy) is 1. The first-order chi connectivity index (χ1) is 18.9. The summed E-state index contributed by atoms with van der Waals surface area (Å²) >= 11 is 0. The molecule has 2 aromatic carbocycles. The van der Waals surface area contributed by atoms with E-state index in [9.17, 15) is 9.59 Å². The number of benzene rings is 2. The van der Waals surface area contributed by atoms with Gasteiger partial charge in [0.2, 0.25) is 0 Å². The van der Waals surface area contributed by atoms with Gasteiger partial charge in [-0.05, 0) is 61.9 Å². The van der Waals surface area contributed by atoms with Crippen LogP contribution in [0.1, 0.15) is 53.3 Å². The molecule has 0 spiro atoms. The van der Waals surface area contributed by atoms with E-state index in [1.54, 1.807) is 18.1 Å². The smallest absolute Gasteiger partial charge is 0.260 e. The molecule has 8 heteroatoms. The molecule has 3 aliphatic rings. The molecule has 2 fully saturated rings. The second-order valence-corrected chi connectivity index (χ2v) is 10.9. The molecule has 6 rings (SSSR count). The first-order valence-electron chi connectivity index (χ1n) is 13.9. The first kappa shape index (κ1) is 25.2. The number of nitrogens with zero attached hydrogens (tertiary/aromatic N) is 4. The van der Waals surface area contributed by atoms with E-state index < -0.39 is 0 Å². The van der Waals surface area contributed by atoms with Gasteiger partial charge in [0.25, 0.3) is 11.8 Å². The fourth-order valence-electron chi connectivity index (χ4n) is 5.79. The lowest BCUT2D eigenvalue weighted by atomic mass is 10.0. The summed E-state index contributed by atoms with van der Waals surface area (Å²) in [6.45, 7) is 4.09. The van der Waals surface area contributed by atoms with Crippen LogP contribution < -0.4 is 19.9 Å². The Bertz CT molecular complexity index is 1420. The van der Waals surface area contributed by atoms with Gasteiger partial charge in [-0.1, -0.05) is 25.0 Å². The lowest BCUT2D eigenvalue weighted by molar-refractivity contribution is 0.0785. The number of nitrogens with one attached hydrogen (secondary N) is 1. The van der Waals surface area contributed by atoms with Crippen LogP contribution in [0.15, 0.2) is 54.7 Å². The molecule has 1 aliphatic carbocycles. The molecule has 0 radical (unpaired) electrons. The molecule has 1 saturated carbocycles. The summed E-state index contributed by atoms with van der Waals surface area (Å²) in [5, 5.41) is 3.38. The zero-order chi connectivity index (χ0) is 27.1. The molecular weight excluding hydrogens is 490 g/mol. The Balaban J connectivity index is 1.25. The number of aromatic nitrogens is 1. The maximum atomic E-state index is 13.3. The first-order valence-corrected chi connectivity index (χ1v) is 13.9. The number of carbonyl (C=O) groups excluding carboxylic acids is 2. The molecule has 3 aromatic rings. The second-order valence-electron chi connectivity index (χ2n) is 10.9. The molecule has 1 atom stereocenters. The highest BCUT2D eigenvalue weighted by Crippen LogP contribution is 2.41. The van der Waals surface area contributed by atoms with Gasteiger partial charge >= 0.3 is 0 Å². The van der Waals surface area contributed by atoms with Crippen LogP contribution in [0.5, 0.6) is 5.75 Å². The third kappa shape index (κ3) is 4.91. The number of fused-ring (bicyclic) bond motifs is 2. The minimum Gasteiger partial charge on any atom is -0.492 e. The molecule has 8 nitrogen and oxygen atoms in total. The Morgan fingerprint density at radius 3 is 2.62 bits per heavy atom. The van der Waals surface area contributed by atoms with Crippen LogP contribution in [0.2, 0.25) is 0 Å². The summed E-state index contributed by atoms with van der Waals surface area (Å²) in [5.41, 5.74) is 4.43. The van der Waals surface area contributed by atoms with E-state index in [0.717, 1.165) is 48.2 Å². The molecule has 1 N–H and O–H groups in total. The van der Waals surface area contributed by atoms with Crippen molar-refractivity contribution in [2.45, 2.75) is 32.6 Å². The van der Waals surface area contributed by atoms with Crippen LogP contribution in [0.3, 0.4) is 0 Å². The summed E-state index contributed by atoms with van der Waals surface area (Å²) in [6.07, 6.45) is 6.78. The largest absolute Gasteiger partial charge is 0.492 e. The number of anilines is 5. The molecule has 0 bridgehead atoms. The fraction of sp³-hybridized carbons (Fsp3) is 0.387. The van der Waals surface area contributed by atoms with Gasteiger partial charge in [-0.2, -0.15) is 0 Å². The van der Waals surface area contributed by atoms with Crippen molar-refractivity contribution in [1.29, 1.82) is 0 Å². The maximum Gasteiger partial charge on any atom is 0.260 e. The number of pyridine rings is 1.